The Morgan fingerprint density at radius 3 is 1.54 bits per heavy atom. The van der Waals surface area contributed by atoms with E-state index < -0.39 is 0 Å². The Kier molecular flexibility index (Phi) is 6.06. The molecule has 0 heterocycles. The molecule has 2 nitrogen and oxygen atoms in total. The standard InChI is InChI=1S/C46H36O2/c1-45(2)37-25-36-38(26-35(37)41-31-21-13-11-19-29(31)33(23-39(41)45)43(47)27-15-7-5-8-16-27)46(3,4)40-24-34(44(48)28-17-9-6-10-18-28)30-20-12-14-22-32(30)42(36)40/h5-11,13,15-26H,12,14H2,1-4H3. The van der Waals surface area contributed by atoms with Crippen molar-refractivity contribution in [2.24, 2.45) is 0 Å². The minimum absolute atomic E-state index is 0.0539. The SMILES string of the molecule is CC1(C)c2cc3c(cc2-c2c1cc(C(=O)c1ccccc1)c1c2=CCCC=1)C(C)(C)c1cc(C(=O)c2ccccc2)c2ccccc2c1-3. The molecule has 0 saturated carbocycles. The van der Waals surface area contributed by atoms with Crippen LogP contribution < -0.4 is 10.4 Å². The largest absolute Gasteiger partial charge is 0.289 e. The van der Waals surface area contributed by atoms with Crippen molar-refractivity contribution >= 4 is 34.5 Å². The van der Waals surface area contributed by atoms with Gasteiger partial charge in [0.15, 0.2) is 11.6 Å². The van der Waals surface area contributed by atoms with Crippen LogP contribution in [-0.4, -0.2) is 11.6 Å². The molecule has 9 rings (SSSR count). The molecule has 232 valence electrons. The van der Waals surface area contributed by atoms with E-state index in [1.807, 2.05) is 66.7 Å². The van der Waals surface area contributed by atoms with Crippen molar-refractivity contribution in [1.82, 2.24) is 0 Å². The fourth-order valence-electron chi connectivity index (χ4n) is 8.75. The van der Waals surface area contributed by atoms with E-state index in [0.29, 0.717) is 5.56 Å². The van der Waals surface area contributed by atoms with E-state index in [-0.39, 0.29) is 22.4 Å². The molecule has 3 aliphatic rings. The Labute approximate surface area is 281 Å². The van der Waals surface area contributed by atoms with E-state index in [1.54, 1.807) is 0 Å². The van der Waals surface area contributed by atoms with Gasteiger partial charge in [0, 0.05) is 33.1 Å². The van der Waals surface area contributed by atoms with Gasteiger partial charge in [0.2, 0.25) is 0 Å². The maximum atomic E-state index is 14.0. The molecule has 0 bridgehead atoms. The number of rotatable bonds is 4. The average Bonchev–Trinajstić information content (AvgIpc) is 3.49. The predicted octanol–water partition coefficient (Wildman–Crippen LogP) is 9.27. The molecule has 0 aromatic heterocycles. The molecule has 0 spiro atoms. The Morgan fingerprint density at radius 2 is 0.938 bits per heavy atom. The van der Waals surface area contributed by atoms with Crippen LogP contribution in [0.15, 0.2) is 109 Å². The van der Waals surface area contributed by atoms with Gasteiger partial charge in [-0.15, -0.1) is 0 Å². The van der Waals surface area contributed by atoms with Crippen LogP contribution in [0.3, 0.4) is 0 Å². The highest BCUT2D eigenvalue weighted by molar-refractivity contribution is 6.19. The summed E-state index contributed by atoms with van der Waals surface area (Å²) in [7, 11) is 0. The summed E-state index contributed by atoms with van der Waals surface area (Å²) in [4.78, 5) is 28.0. The molecule has 6 aromatic carbocycles. The quantitative estimate of drug-likeness (QED) is 0.184. The molecule has 0 radical (unpaired) electrons. The van der Waals surface area contributed by atoms with Crippen molar-refractivity contribution in [2.45, 2.75) is 51.4 Å². The van der Waals surface area contributed by atoms with Gasteiger partial charge in [-0.05, 0) is 103 Å². The normalized spacial score (nSPS) is 15.8. The lowest BCUT2D eigenvalue weighted by molar-refractivity contribution is 0.103. The summed E-state index contributed by atoms with van der Waals surface area (Å²) in [5.41, 5.74) is 12.4. The molecular formula is C46H36O2. The molecule has 0 aliphatic heterocycles. The fourth-order valence-corrected chi connectivity index (χ4v) is 8.75. The van der Waals surface area contributed by atoms with Crippen LogP contribution in [0.1, 0.15) is 94.6 Å². The second-order valence-electron chi connectivity index (χ2n) is 14.6. The lowest BCUT2D eigenvalue weighted by Crippen LogP contribution is -2.36. The molecule has 48 heavy (non-hydrogen) atoms. The van der Waals surface area contributed by atoms with E-state index in [9.17, 15) is 9.59 Å². The van der Waals surface area contributed by atoms with Gasteiger partial charge in [-0.2, -0.15) is 0 Å². The van der Waals surface area contributed by atoms with Crippen molar-refractivity contribution in [2.75, 3.05) is 0 Å². The molecule has 0 fully saturated rings. The van der Waals surface area contributed by atoms with E-state index in [4.69, 9.17) is 0 Å². The lowest BCUT2D eigenvalue weighted by atomic mass is 9.78. The maximum Gasteiger partial charge on any atom is 0.193 e. The zero-order chi connectivity index (χ0) is 32.9. The van der Waals surface area contributed by atoms with Crippen LogP contribution in [0.25, 0.3) is 45.2 Å². The van der Waals surface area contributed by atoms with E-state index in [1.165, 1.54) is 49.7 Å². The van der Waals surface area contributed by atoms with Crippen LogP contribution in [0.2, 0.25) is 0 Å². The predicted molar refractivity (Wildman–Crippen MR) is 196 cm³/mol. The monoisotopic (exact) mass is 620 g/mol. The summed E-state index contributed by atoms with van der Waals surface area (Å²) in [6.45, 7) is 9.21. The third-order valence-electron chi connectivity index (χ3n) is 11.3. The average molecular weight is 621 g/mol. The summed E-state index contributed by atoms with van der Waals surface area (Å²) in [6.07, 6.45) is 6.51. The highest BCUT2D eigenvalue weighted by atomic mass is 16.1. The highest BCUT2D eigenvalue weighted by Crippen LogP contribution is 2.57. The first kappa shape index (κ1) is 28.8. The van der Waals surface area contributed by atoms with Crippen LogP contribution in [-0.2, 0) is 10.8 Å². The molecule has 6 aromatic rings. The Bertz CT molecular complexity index is 2510. The molecule has 3 aliphatic carbocycles. The van der Waals surface area contributed by atoms with Crippen LogP contribution in [0.4, 0.5) is 0 Å². The van der Waals surface area contributed by atoms with Gasteiger partial charge in [-0.3, -0.25) is 9.59 Å². The van der Waals surface area contributed by atoms with Gasteiger partial charge in [0.05, 0.1) is 0 Å². The van der Waals surface area contributed by atoms with Crippen molar-refractivity contribution in [3.8, 4) is 22.3 Å². The summed E-state index contributed by atoms with van der Waals surface area (Å²) >= 11 is 0. The van der Waals surface area contributed by atoms with Crippen LogP contribution in [0, 0.1) is 0 Å². The number of carbonyl (C=O) groups excluding carboxylic acids is 2. The summed E-state index contributed by atoms with van der Waals surface area (Å²) in [6, 6.07) is 36.9. The number of ketones is 2. The summed E-state index contributed by atoms with van der Waals surface area (Å²) in [5, 5.41) is 4.36. The molecule has 0 unspecified atom stereocenters. The second kappa shape index (κ2) is 10.1. The molecule has 0 saturated heterocycles. The van der Waals surface area contributed by atoms with Crippen molar-refractivity contribution in [3.63, 3.8) is 0 Å². The maximum absolute atomic E-state index is 14.0. The smallest absolute Gasteiger partial charge is 0.193 e. The Balaban J connectivity index is 1.29. The van der Waals surface area contributed by atoms with Crippen molar-refractivity contribution in [3.05, 3.63) is 164 Å². The summed E-state index contributed by atoms with van der Waals surface area (Å²) < 4.78 is 0. The number of hydrogen-bond acceptors (Lipinski definition) is 2. The topological polar surface area (TPSA) is 34.1 Å². The number of carbonyl (C=O) groups is 2. The number of fused-ring (bicyclic) bond motifs is 10. The first-order valence-electron chi connectivity index (χ1n) is 17.0. The third-order valence-corrected chi connectivity index (χ3v) is 11.3. The second-order valence-corrected chi connectivity index (χ2v) is 14.6. The van der Waals surface area contributed by atoms with Crippen molar-refractivity contribution in [1.29, 1.82) is 0 Å². The van der Waals surface area contributed by atoms with Crippen molar-refractivity contribution < 1.29 is 9.59 Å². The fraction of sp³-hybridized carbons (Fsp3) is 0.174. The highest BCUT2D eigenvalue weighted by Gasteiger charge is 2.43. The minimum Gasteiger partial charge on any atom is -0.289 e. The zero-order valence-corrected chi connectivity index (χ0v) is 27.8. The lowest BCUT2D eigenvalue weighted by Gasteiger charge is -2.24. The van der Waals surface area contributed by atoms with Gasteiger partial charge in [-0.25, -0.2) is 0 Å². The van der Waals surface area contributed by atoms with E-state index in [2.05, 4.69) is 82.3 Å². The first-order valence-corrected chi connectivity index (χ1v) is 17.0. The Morgan fingerprint density at radius 1 is 0.479 bits per heavy atom. The van der Waals surface area contributed by atoms with E-state index >= 15 is 0 Å². The van der Waals surface area contributed by atoms with E-state index in [0.717, 1.165) is 45.5 Å². The van der Waals surface area contributed by atoms with Gasteiger partial charge in [0.1, 0.15) is 0 Å². The summed E-state index contributed by atoms with van der Waals surface area (Å²) in [5.74, 6) is 0.135. The number of hydrogen-bond donors (Lipinski definition) is 0. The van der Waals surface area contributed by atoms with Crippen LogP contribution in [0.5, 0.6) is 0 Å². The molecule has 0 amide bonds. The molecule has 0 atom stereocenters. The number of benzene rings is 6. The zero-order valence-electron chi connectivity index (χ0n) is 27.8. The van der Waals surface area contributed by atoms with Crippen LogP contribution >= 0.6 is 0 Å². The molecular weight excluding hydrogens is 585 g/mol. The van der Waals surface area contributed by atoms with Gasteiger partial charge < -0.3 is 0 Å². The first-order chi connectivity index (χ1) is 23.2. The minimum atomic E-state index is -0.318. The van der Waals surface area contributed by atoms with Gasteiger partial charge >= 0.3 is 0 Å². The van der Waals surface area contributed by atoms with Gasteiger partial charge in [0.25, 0.3) is 0 Å². The third kappa shape index (κ3) is 3.86. The molecule has 2 heteroatoms. The Hall–Kier alpha value is -5.34. The molecule has 0 N–H and O–H groups in total. The van der Waals surface area contributed by atoms with Gasteiger partial charge in [-0.1, -0.05) is 125 Å².